The third-order valence-electron chi connectivity index (χ3n) is 2.12. The average Bonchev–Trinajstić information content (AvgIpc) is 2.39. The van der Waals surface area contributed by atoms with Gasteiger partial charge in [-0.15, -0.1) is 0 Å². The smallest absolute Gasteiger partial charge is 0.270 e. The third kappa shape index (κ3) is 2.40. The maximum Gasteiger partial charge on any atom is 0.270 e. The van der Waals surface area contributed by atoms with Gasteiger partial charge in [-0.1, -0.05) is 0 Å². The summed E-state index contributed by atoms with van der Waals surface area (Å²) in [6.45, 7) is 0. The number of nitrogens with zero attached hydrogens (tertiary/aromatic N) is 1. The van der Waals surface area contributed by atoms with Crippen molar-refractivity contribution in [3.05, 3.63) is 0 Å². The second-order valence-corrected chi connectivity index (χ2v) is 8.42. The van der Waals surface area contributed by atoms with E-state index in [4.69, 9.17) is 0 Å². The molecule has 0 radical (unpaired) electrons. The minimum absolute atomic E-state index is 0. The van der Waals surface area contributed by atoms with E-state index in [2.05, 4.69) is 4.58 Å². The molecule has 0 spiro atoms. The van der Waals surface area contributed by atoms with Crippen molar-refractivity contribution in [2.45, 2.75) is 10.5 Å². The van der Waals surface area contributed by atoms with Crippen molar-refractivity contribution in [2.75, 3.05) is 25.6 Å². The Balaban J connectivity index is 0.000000980. The maximum atomic E-state index is 11.3. The molecule has 82 valence electrons. The lowest BCUT2D eigenvalue weighted by molar-refractivity contribution is -0.458. The molecule has 2 aliphatic rings. The molecule has 0 aromatic heterocycles. The van der Waals surface area contributed by atoms with Crippen LogP contribution in [0.25, 0.3) is 0 Å². The lowest BCUT2D eigenvalue weighted by atomic mass is 10.4. The summed E-state index contributed by atoms with van der Waals surface area (Å²) < 4.78 is 25.9. The van der Waals surface area contributed by atoms with Gasteiger partial charge < -0.3 is 12.4 Å². The van der Waals surface area contributed by atoms with Crippen LogP contribution in [0.2, 0.25) is 0 Å². The molecule has 0 bridgehead atoms. The zero-order valence-corrected chi connectivity index (χ0v) is 11.1. The summed E-state index contributed by atoms with van der Waals surface area (Å²) >= 11 is 3.44. The first-order valence-corrected chi connectivity index (χ1v) is 7.64. The molecule has 2 atom stereocenters. The molecule has 2 heterocycles. The largest absolute Gasteiger partial charge is 1.00 e. The quantitative estimate of drug-likeness (QED) is 0.449. The van der Waals surface area contributed by atoms with Gasteiger partial charge in [-0.2, -0.15) is 0 Å². The monoisotopic (exact) mass is 273 g/mol. The minimum atomic E-state index is -2.73. The van der Waals surface area contributed by atoms with Crippen LogP contribution in [0.15, 0.2) is 0 Å². The van der Waals surface area contributed by atoms with Crippen molar-refractivity contribution in [3.8, 4) is 0 Å². The number of sulfone groups is 1. The van der Waals surface area contributed by atoms with Crippen LogP contribution in [0.5, 0.6) is 0 Å². The van der Waals surface area contributed by atoms with Crippen LogP contribution in [-0.2, 0) is 9.84 Å². The van der Waals surface area contributed by atoms with Crippen LogP contribution in [0, 0.1) is 0 Å². The zero-order valence-electron chi connectivity index (χ0n) is 7.94. The molecule has 7 heteroatoms. The van der Waals surface area contributed by atoms with Crippen molar-refractivity contribution < 1.29 is 25.4 Å². The number of halogens is 1. The Labute approximate surface area is 99.0 Å². The zero-order chi connectivity index (χ0) is 9.64. The van der Waals surface area contributed by atoms with E-state index >= 15 is 0 Å². The van der Waals surface area contributed by atoms with Gasteiger partial charge in [-0.3, -0.25) is 0 Å². The standard InChI is InChI=1S/C7H12NO2S3.ClH/c1-8(2)7-11-5-3-13(9,10)4-6(5)12-7;/h5-6H,3-4H2,1-2H3;1H/q+1;/p-1/t5-,6+;. The van der Waals surface area contributed by atoms with E-state index in [1.165, 1.54) is 4.38 Å². The van der Waals surface area contributed by atoms with Crippen LogP contribution in [0.1, 0.15) is 0 Å². The van der Waals surface area contributed by atoms with Crippen molar-refractivity contribution in [1.82, 2.24) is 0 Å². The summed E-state index contributed by atoms with van der Waals surface area (Å²) in [5.41, 5.74) is 0. The van der Waals surface area contributed by atoms with E-state index in [-0.39, 0.29) is 12.4 Å². The number of hydrogen-bond donors (Lipinski definition) is 0. The van der Waals surface area contributed by atoms with E-state index in [1.54, 1.807) is 23.5 Å². The summed E-state index contributed by atoms with van der Waals surface area (Å²) in [4.78, 5) is 0. The molecule has 2 aliphatic heterocycles. The van der Waals surface area contributed by atoms with Gasteiger partial charge in [0.2, 0.25) is 0 Å². The Hall–Kier alpha value is 0.610. The lowest BCUT2D eigenvalue weighted by Gasteiger charge is -1.97. The highest BCUT2D eigenvalue weighted by Crippen LogP contribution is 2.43. The van der Waals surface area contributed by atoms with Gasteiger partial charge in [0.05, 0.1) is 11.5 Å². The summed E-state index contributed by atoms with van der Waals surface area (Å²) in [5, 5.41) is 0.597. The first-order valence-electron chi connectivity index (χ1n) is 4.06. The fourth-order valence-corrected chi connectivity index (χ4v) is 7.87. The van der Waals surface area contributed by atoms with E-state index < -0.39 is 9.84 Å². The Morgan fingerprint density at radius 1 is 1.21 bits per heavy atom. The van der Waals surface area contributed by atoms with Gasteiger partial charge in [0.15, 0.2) is 9.84 Å². The lowest BCUT2D eigenvalue weighted by Crippen LogP contribution is -3.00. The highest BCUT2D eigenvalue weighted by Gasteiger charge is 2.47. The van der Waals surface area contributed by atoms with Gasteiger partial charge in [0, 0.05) is 10.5 Å². The van der Waals surface area contributed by atoms with Gasteiger partial charge in [-0.05, 0) is 23.5 Å². The highest BCUT2D eigenvalue weighted by atomic mass is 35.5. The number of fused-ring (bicyclic) bond motifs is 1. The summed E-state index contributed by atoms with van der Waals surface area (Å²) in [6.07, 6.45) is 0. The minimum Gasteiger partial charge on any atom is -1.00 e. The van der Waals surface area contributed by atoms with Crippen LogP contribution in [0.4, 0.5) is 0 Å². The van der Waals surface area contributed by atoms with Crippen molar-refractivity contribution in [3.63, 3.8) is 0 Å². The molecular weight excluding hydrogens is 262 g/mol. The van der Waals surface area contributed by atoms with Crippen molar-refractivity contribution in [2.24, 2.45) is 0 Å². The van der Waals surface area contributed by atoms with Gasteiger partial charge in [0.25, 0.3) is 4.38 Å². The predicted octanol–water partition coefficient (Wildman–Crippen LogP) is -2.74. The molecule has 0 amide bonds. The second-order valence-electron chi connectivity index (χ2n) is 3.55. The molecule has 2 rings (SSSR count). The first-order chi connectivity index (χ1) is 5.98. The van der Waals surface area contributed by atoms with E-state index in [9.17, 15) is 8.42 Å². The molecular formula is C7H12ClNO2S3. The molecule has 3 nitrogen and oxygen atoms in total. The SMILES string of the molecule is C[N+](C)=C1S[C@H]2CS(=O)(=O)C[C@H]2S1.[Cl-]. The van der Waals surface area contributed by atoms with Crippen LogP contribution in [-0.4, -0.2) is 53.5 Å². The van der Waals surface area contributed by atoms with Crippen molar-refractivity contribution >= 4 is 37.7 Å². The molecule has 0 unspecified atom stereocenters. The fraction of sp³-hybridized carbons (Fsp3) is 0.857. The van der Waals surface area contributed by atoms with Crippen LogP contribution >= 0.6 is 23.5 Å². The summed E-state index contributed by atoms with van der Waals surface area (Å²) in [6, 6.07) is 0. The molecule has 0 aliphatic carbocycles. The van der Waals surface area contributed by atoms with Gasteiger partial charge >= 0.3 is 0 Å². The van der Waals surface area contributed by atoms with Gasteiger partial charge in [-0.25, -0.2) is 13.0 Å². The average molecular weight is 274 g/mol. The van der Waals surface area contributed by atoms with E-state index in [1.807, 2.05) is 14.1 Å². The molecule has 0 saturated carbocycles. The van der Waals surface area contributed by atoms with E-state index in [0.29, 0.717) is 22.0 Å². The Morgan fingerprint density at radius 2 is 1.64 bits per heavy atom. The highest BCUT2D eigenvalue weighted by molar-refractivity contribution is 8.42. The third-order valence-corrected chi connectivity index (χ3v) is 7.76. The fourth-order valence-electron chi connectivity index (χ4n) is 1.50. The molecule has 0 aromatic carbocycles. The molecule has 14 heavy (non-hydrogen) atoms. The normalized spacial score (nSPS) is 33.7. The summed E-state index contributed by atoms with van der Waals surface area (Å²) in [5.74, 6) is 0.735. The Kier molecular flexibility index (Phi) is 3.83. The number of hydrogen-bond acceptors (Lipinski definition) is 4. The van der Waals surface area contributed by atoms with Crippen LogP contribution < -0.4 is 12.4 Å². The second kappa shape index (κ2) is 4.23. The molecule has 0 aromatic rings. The first kappa shape index (κ1) is 12.7. The number of thioether (sulfide) groups is 2. The van der Waals surface area contributed by atoms with Crippen LogP contribution in [0.3, 0.4) is 0 Å². The van der Waals surface area contributed by atoms with E-state index in [0.717, 1.165) is 0 Å². The summed E-state index contributed by atoms with van der Waals surface area (Å²) in [7, 11) is 1.28. The Bertz CT molecular complexity index is 339. The number of rotatable bonds is 0. The molecule has 0 N–H and O–H groups in total. The molecule has 2 fully saturated rings. The predicted molar refractivity (Wildman–Crippen MR) is 58.5 cm³/mol. The topological polar surface area (TPSA) is 37.1 Å². The van der Waals surface area contributed by atoms with Gasteiger partial charge in [0.1, 0.15) is 14.1 Å². The molecule has 2 saturated heterocycles. The maximum absolute atomic E-state index is 11.3. The van der Waals surface area contributed by atoms with Crippen molar-refractivity contribution in [1.29, 1.82) is 0 Å². The Morgan fingerprint density at radius 3 is 2.00 bits per heavy atom.